The van der Waals surface area contributed by atoms with Crippen LogP contribution in [0.1, 0.15) is 76.6 Å². The van der Waals surface area contributed by atoms with Gasteiger partial charge in [-0.15, -0.1) is 0 Å². The summed E-state index contributed by atoms with van der Waals surface area (Å²) in [5, 5.41) is 12.0. The SMILES string of the molecule is [2H]c1c([2H])c(NC(=O)CCCC=CCC=CCC=CCC=CCCCCC)c([2H])c([2H])c1O. The first kappa shape index (κ1) is 18.5. The third kappa shape index (κ3) is 15.1. The average Bonchev–Trinajstić information content (AvgIpc) is 2.81. The largest absolute Gasteiger partial charge is 0.508 e. The van der Waals surface area contributed by atoms with Gasteiger partial charge in [-0.25, -0.2) is 0 Å². The fourth-order valence-corrected chi connectivity index (χ4v) is 2.51. The fraction of sp³-hybridized carbons (Fsp3) is 0.423. The summed E-state index contributed by atoms with van der Waals surface area (Å²) < 4.78 is 30.8. The molecule has 0 bridgehead atoms. The van der Waals surface area contributed by atoms with Gasteiger partial charge in [0.15, 0.2) is 0 Å². The molecule has 0 heterocycles. The molecule has 0 radical (unpaired) electrons. The van der Waals surface area contributed by atoms with Crippen LogP contribution in [-0.4, -0.2) is 11.0 Å². The number of anilines is 1. The summed E-state index contributed by atoms with van der Waals surface area (Å²) in [6.45, 7) is 2.22. The number of nitrogens with one attached hydrogen (secondary N) is 1. The number of rotatable bonds is 15. The number of hydrogen-bond donors (Lipinski definition) is 2. The number of aromatic hydroxyl groups is 1. The highest BCUT2D eigenvalue weighted by Crippen LogP contribution is 2.14. The molecule has 0 aromatic heterocycles. The summed E-state index contributed by atoms with van der Waals surface area (Å²) >= 11 is 0. The predicted molar refractivity (Wildman–Crippen MR) is 125 cm³/mol. The summed E-state index contributed by atoms with van der Waals surface area (Å²) in [6.07, 6.45) is 26.5. The zero-order valence-electron chi connectivity index (χ0n) is 21.5. The van der Waals surface area contributed by atoms with Crippen molar-refractivity contribution < 1.29 is 15.4 Å². The van der Waals surface area contributed by atoms with Gasteiger partial charge in [-0.05, 0) is 69.1 Å². The Morgan fingerprint density at radius 1 is 0.862 bits per heavy atom. The summed E-state index contributed by atoms with van der Waals surface area (Å²) in [7, 11) is 0. The molecule has 0 aliphatic heterocycles. The average molecular weight is 400 g/mol. The van der Waals surface area contributed by atoms with Crippen molar-refractivity contribution in [2.75, 3.05) is 5.32 Å². The third-order valence-corrected chi connectivity index (χ3v) is 4.11. The fourth-order valence-electron chi connectivity index (χ4n) is 2.51. The van der Waals surface area contributed by atoms with Crippen molar-refractivity contribution >= 4 is 11.6 Å². The minimum atomic E-state index is -0.719. The lowest BCUT2D eigenvalue weighted by Crippen LogP contribution is -2.10. The Morgan fingerprint density at radius 2 is 1.38 bits per heavy atom. The van der Waals surface area contributed by atoms with Crippen molar-refractivity contribution in [1.29, 1.82) is 0 Å². The molecule has 158 valence electrons. The minimum Gasteiger partial charge on any atom is -0.508 e. The molecule has 1 rings (SSSR count). The maximum Gasteiger partial charge on any atom is 0.224 e. The lowest BCUT2D eigenvalue weighted by Gasteiger charge is -2.04. The first-order chi connectivity index (χ1) is 15.9. The first-order valence-electron chi connectivity index (χ1n) is 12.6. The molecule has 29 heavy (non-hydrogen) atoms. The lowest BCUT2D eigenvalue weighted by atomic mass is 10.2. The molecule has 3 nitrogen and oxygen atoms in total. The van der Waals surface area contributed by atoms with E-state index < -0.39 is 29.9 Å². The van der Waals surface area contributed by atoms with Gasteiger partial charge in [0.1, 0.15) is 5.75 Å². The Hall–Kier alpha value is -2.55. The predicted octanol–water partition coefficient (Wildman–Crippen LogP) is 7.48. The van der Waals surface area contributed by atoms with E-state index in [4.69, 9.17) is 5.48 Å². The molecule has 0 unspecified atom stereocenters. The summed E-state index contributed by atoms with van der Waals surface area (Å²) in [5.41, 5.74) is -0.203. The summed E-state index contributed by atoms with van der Waals surface area (Å²) in [5.74, 6) is -1.10. The molecule has 3 heteroatoms. The summed E-state index contributed by atoms with van der Waals surface area (Å²) in [6, 6.07) is -2.04. The van der Waals surface area contributed by atoms with Crippen LogP contribution in [0.25, 0.3) is 0 Å². The quantitative estimate of drug-likeness (QED) is 0.182. The van der Waals surface area contributed by atoms with Gasteiger partial charge in [0.25, 0.3) is 0 Å². The Kier molecular flexibility index (Phi) is 11.2. The van der Waals surface area contributed by atoms with E-state index in [9.17, 15) is 9.90 Å². The molecule has 0 aliphatic rings. The number of phenolic OH excluding ortho intramolecular Hbond substituents is 1. The van der Waals surface area contributed by atoms with Crippen LogP contribution in [0.3, 0.4) is 0 Å². The van der Waals surface area contributed by atoms with E-state index in [2.05, 4.69) is 54.8 Å². The van der Waals surface area contributed by atoms with Crippen LogP contribution in [-0.2, 0) is 4.79 Å². The molecule has 0 saturated heterocycles. The second kappa shape index (κ2) is 17.5. The van der Waals surface area contributed by atoms with Gasteiger partial charge in [0.2, 0.25) is 5.91 Å². The summed E-state index contributed by atoms with van der Waals surface area (Å²) in [4.78, 5) is 12.1. The van der Waals surface area contributed by atoms with E-state index >= 15 is 0 Å². The third-order valence-electron chi connectivity index (χ3n) is 4.11. The number of carbonyl (C=O) groups is 1. The molecule has 0 fully saturated rings. The molecule has 2 N–H and O–H groups in total. The molecular formula is C26H37NO2. The van der Waals surface area contributed by atoms with Gasteiger partial charge in [0, 0.05) is 12.1 Å². The monoisotopic (exact) mass is 399 g/mol. The second-order valence-electron chi connectivity index (χ2n) is 6.75. The minimum absolute atomic E-state index is 0.203. The van der Waals surface area contributed by atoms with Crippen LogP contribution in [0.4, 0.5) is 5.69 Å². The molecule has 1 aromatic carbocycles. The number of amides is 1. The lowest BCUT2D eigenvalue weighted by molar-refractivity contribution is -0.116. The Bertz CT molecular complexity index is 831. The van der Waals surface area contributed by atoms with Gasteiger partial charge in [-0.2, -0.15) is 0 Å². The number of allylic oxidation sites excluding steroid dienone is 8. The zero-order valence-corrected chi connectivity index (χ0v) is 17.5. The molecule has 0 aliphatic carbocycles. The topological polar surface area (TPSA) is 49.3 Å². The van der Waals surface area contributed by atoms with Crippen molar-refractivity contribution in [3.05, 3.63) is 72.8 Å². The highest BCUT2D eigenvalue weighted by atomic mass is 16.3. The van der Waals surface area contributed by atoms with E-state index in [1.54, 1.807) is 0 Å². The normalized spacial score (nSPS) is 14.0. The van der Waals surface area contributed by atoms with Crippen molar-refractivity contribution in [2.45, 2.75) is 71.1 Å². The molecule has 0 saturated carbocycles. The smallest absolute Gasteiger partial charge is 0.224 e. The van der Waals surface area contributed by atoms with Crippen LogP contribution in [0.2, 0.25) is 0 Å². The van der Waals surface area contributed by atoms with Crippen LogP contribution in [0.5, 0.6) is 5.75 Å². The molecular weight excluding hydrogens is 358 g/mol. The van der Waals surface area contributed by atoms with E-state index in [0.717, 1.165) is 25.7 Å². The Balaban J connectivity index is 2.19. The number of benzene rings is 1. The maximum absolute atomic E-state index is 12.1. The van der Waals surface area contributed by atoms with Crippen molar-refractivity contribution in [2.24, 2.45) is 0 Å². The number of carbonyl (C=O) groups excluding carboxylic acids is 1. The maximum atomic E-state index is 12.1. The van der Waals surface area contributed by atoms with Crippen molar-refractivity contribution in [1.82, 2.24) is 0 Å². The van der Waals surface area contributed by atoms with Gasteiger partial charge in [-0.1, -0.05) is 68.4 Å². The van der Waals surface area contributed by atoms with Crippen LogP contribution >= 0.6 is 0 Å². The Morgan fingerprint density at radius 3 is 1.93 bits per heavy atom. The first-order valence-corrected chi connectivity index (χ1v) is 10.6. The highest BCUT2D eigenvalue weighted by Gasteiger charge is 2.01. The van der Waals surface area contributed by atoms with Crippen molar-refractivity contribution in [3.63, 3.8) is 0 Å². The van der Waals surface area contributed by atoms with Gasteiger partial charge >= 0.3 is 0 Å². The van der Waals surface area contributed by atoms with Crippen LogP contribution < -0.4 is 5.32 Å². The van der Waals surface area contributed by atoms with E-state index in [-0.39, 0.29) is 18.0 Å². The van der Waals surface area contributed by atoms with Gasteiger partial charge < -0.3 is 10.4 Å². The molecule has 0 atom stereocenters. The van der Waals surface area contributed by atoms with Gasteiger partial charge in [-0.3, -0.25) is 4.79 Å². The molecule has 1 aromatic rings. The number of unbranched alkanes of at least 4 members (excludes halogenated alkanes) is 4. The zero-order chi connectivity index (χ0) is 24.5. The number of phenols is 1. The van der Waals surface area contributed by atoms with E-state index in [0.29, 0.717) is 6.42 Å². The molecule has 0 spiro atoms. The Labute approximate surface area is 182 Å². The van der Waals surface area contributed by atoms with E-state index in [1.165, 1.54) is 25.7 Å². The van der Waals surface area contributed by atoms with Crippen LogP contribution in [0.15, 0.2) is 72.8 Å². The van der Waals surface area contributed by atoms with Gasteiger partial charge in [0.05, 0.1) is 5.48 Å². The van der Waals surface area contributed by atoms with Crippen molar-refractivity contribution in [3.8, 4) is 5.75 Å². The second-order valence-corrected chi connectivity index (χ2v) is 6.75. The van der Waals surface area contributed by atoms with Crippen LogP contribution in [0, 0.1) is 0 Å². The number of hydrogen-bond acceptors (Lipinski definition) is 2. The molecule has 1 amide bonds. The highest BCUT2D eigenvalue weighted by molar-refractivity contribution is 5.90. The standard InChI is InChI=1S/C26H37NO2/c1-2-3-4-5-6-7-8-9-10-11-12-13-14-15-16-17-18-19-26(29)27-24-20-22-25(28)23-21-24/h6-7,9-10,12-13,15-16,20-23,28H,2-5,8,11,14,17-19H2,1H3,(H,27,29)/i20D,21D,22D,23D. The van der Waals surface area contributed by atoms with E-state index in [1.807, 2.05) is 6.08 Å².